The van der Waals surface area contributed by atoms with E-state index in [9.17, 15) is 0 Å². The Morgan fingerprint density at radius 1 is 0.327 bits per heavy atom. The van der Waals surface area contributed by atoms with Crippen molar-refractivity contribution < 1.29 is 0 Å². The summed E-state index contributed by atoms with van der Waals surface area (Å²) in [4.78, 5) is 0. The first-order valence-corrected chi connectivity index (χ1v) is 20.3. The Labute approximate surface area is 287 Å². The molecule has 1 heteroatoms. The van der Waals surface area contributed by atoms with Crippen LogP contribution in [0.25, 0.3) is 86.9 Å². The third kappa shape index (κ3) is 4.16. The zero-order chi connectivity index (χ0) is 32.7. The van der Waals surface area contributed by atoms with Crippen molar-refractivity contribution in [3.63, 3.8) is 0 Å². The fourth-order valence-electron chi connectivity index (χ4n) is 8.66. The van der Waals surface area contributed by atoms with Crippen LogP contribution >= 0.6 is 0 Å². The van der Waals surface area contributed by atoms with Gasteiger partial charge in [-0.1, -0.05) is 188 Å². The van der Waals surface area contributed by atoms with Crippen LogP contribution < -0.4 is 10.4 Å². The molecule has 0 fully saturated rings. The first kappa shape index (κ1) is 28.3. The fraction of sp³-hybridized carbons (Fsp3) is 0.0417. The summed E-state index contributed by atoms with van der Waals surface area (Å²) in [6.45, 7) is 5.02. The molecule has 0 radical (unpaired) electrons. The smallest absolute Gasteiger partial charge is 0.0620 e. The van der Waals surface area contributed by atoms with E-state index in [-0.39, 0.29) is 0 Å². The van der Waals surface area contributed by atoms with Gasteiger partial charge in [0, 0.05) is 0 Å². The number of benzene rings is 10. The molecule has 49 heavy (non-hydrogen) atoms. The van der Waals surface area contributed by atoms with Crippen molar-refractivity contribution in [2.75, 3.05) is 0 Å². The molecule has 230 valence electrons. The van der Waals surface area contributed by atoms with E-state index in [1.807, 2.05) is 0 Å². The van der Waals surface area contributed by atoms with Crippen molar-refractivity contribution in [2.24, 2.45) is 0 Å². The summed E-state index contributed by atoms with van der Waals surface area (Å²) in [6, 6.07) is 63.7. The van der Waals surface area contributed by atoms with E-state index in [0.29, 0.717) is 0 Å². The zero-order valence-corrected chi connectivity index (χ0v) is 28.7. The van der Waals surface area contributed by atoms with Crippen LogP contribution in [0.3, 0.4) is 0 Å². The number of fused-ring (bicyclic) bond motifs is 3. The number of hydrogen-bond acceptors (Lipinski definition) is 0. The van der Waals surface area contributed by atoms with E-state index in [1.165, 1.54) is 97.3 Å². The first-order chi connectivity index (χ1) is 24.1. The van der Waals surface area contributed by atoms with Gasteiger partial charge in [0.15, 0.2) is 0 Å². The minimum absolute atomic E-state index is 1.26. The SMILES string of the molecule is C[Si](C)(c1ccc(-c2c3ccccc3c(-c3cccc4ccccc34)c3ccccc23)cc1)c1ccc2ccc3cccc4ccc1c2c34. The Bertz CT molecular complexity index is 2820. The normalized spacial score (nSPS) is 12.3. The Balaban J connectivity index is 1.15. The largest absolute Gasteiger partial charge is 0.113 e. The first-order valence-electron chi connectivity index (χ1n) is 17.3. The quantitative estimate of drug-likeness (QED) is 0.102. The molecule has 0 saturated carbocycles. The molecule has 10 rings (SSSR count). The molecule has 0 aliphatic heterocycles. The van der Waals surface area contributed by atoms with Gasteiger partial charge < -0.3 is 0 Å². The molecule has 0 aromatic heterocycles. The number of hydrogen-bond donors (Lipinski definition) is 0. The molecule has 0 bridgehead atoms. The standard InChI is InChI=1S/C48H34Si/c1-49(2,44-30-26-35-22-21-32-13-9-14-33-25-29-43(44)47(35)45(32)33)36-27-23-34(24-28-36)46-39-16-5-7-18-41(39)48(42-19-8-6-17-40(42)46)38-20-10-12-31-11-3-4-15-37(31)38/h3-30H,1-2H3. The summed E-state index contributed by atoms with van der Waals surface area (Å²) >= 11 is 0. The van der Waals surface area contributed by atoms with Crippen molar-refractivity contribution in [2.45, 2.75) is 13.1 Å². The lowest BCUT2D eigenvalue weighted by Gasteiger charge is -2.27. The highest BCUT2D eigenvalue weighted by Crippen LogP contribution is 2.45. The lowest BCUT2D eigenvalue weighted by molar-refractivity contribution is 1.66. The van der Waals surface area contributed by atoms with Gasteiger partial charge in [-0.15, -0.1) is 0 Å². The molecule has 0 saturated heterocycles. The summed E-state index contributed by atoms with van der Waals surface area (Å²) in [7, 11) is -2.06. The summed E-state index contributed by atoms with van der Waals surface area (Å²) in [6.07, 6.45) is 0. The zero-order valence-electron chi connectivity index (χ0n) is 27.7. The van der Waals surface area contributed by atoms with E-state index in [2.05, 4.69) is 183 Å². The third-order valence-electron chi connectivity index (χ3n) is 11.1. The molecule has 0 N–H and O–H groups in total. The van der Waals surface area contributed by atoms with Crippen LogP contribution in [0.5, 0.6) is 0 Å². The average Bonchev–Trinajstić information content (AvgIpc) is 3.16. The molecule has 0 aliphatic rings. The van der Waals surface area contributed by atoms with Crippen LogP contribution in [0, 0.1) is 0 Å². The molecule has 0 atom stereocenters. The predicted octanol–water partition coefficient (Wildman–Crippen LogP) is 12.2. The van der Waals surface area contributed by atoms with Gasteiger partial charge in [0.1, 0.15) is 8.07 Å². The van der Waals surface area contributed by atoms with Gasteiger partial charge in [-0.05, 0) is 92.1 Å². The van der Waals surface area contributed by atoms with Gasteiger partial charge in [0.05, 0.1) is 0 Å². The summed E-state index contributed by atoms with van der Waals surface area (Å²) in [5.41, 5.74) is 5.17. The van der Waals surface area contributed by atoms with E-state index >= 15 is 0 Å². The molecule has 10 aromatic carbocycles. The van der Waals surface area contributed by atoms with E-state index in [0.717, 1.165) is 0 Å². The monoisotopic (exact) mass is 638 g/mol. The third-order valence-corrected chi connectivity index (χ3v) is 14.6. The summed E-state index contributed by atoms with van der Waals surface area (Å²) in [5, 5.41) is 18.9. The van der Waals surface area contributed by atoms with E-state index in [4.69, 9.17) is 0 Å². The Morgan fingerprint density at radius 3 is 1.49 bits per heavy atom. The molecule has 0 amide bonds. The molecule has 0 spiro atoms. The van der Waals surface area contributed by atoms with Crippen LogP contribution in [0.2, 0.25) is 13.1 Å². The van der Waals surface area contributed by atoms with Gasteiger partial charge in [-0.25, -0.2) is 0 Å². The molecular formula is C48H34Si. The Hall–Kier alpha value is -5.76. The number of rotatable bonds is 4. The van der Waals surface area contributed by atoms with Crippen molar-refractivity contribution in [1.29, 1.82) is 0 Å². The second-order valence-corrected chi connectivity index (χ2v) is 18.4. The van der Waals surface area contributed by atoms with Gasteiger partial charge >= 0.3 is 0 Å². The molecule has 10 aromatic rings. The molecule has 0 nitrogen and oxygen atoms in total. The van der Waals surface area contributed by atoms with Crippen LogP contribution in [-0.4, -0.2) is 8.07 Å². The van der Waals surface area contributed by atoms with Crippen LogP contribution in [0.1, 0.15) is 0 Å². The highest BCUT2D eigenvalue weighted by atomic mass is 28.3. The highest BCUT2D eigenvalue weighted by molar-refractivity contribution is 7.01. The van der Waals surface area contributed by atoms with Gasteiger partial charge in [0.2, 0.25) is 0 Å². The average molecular weight is 639 g/mol. The van der Waals surface area contributed by atoms with Crippen LogP contribution in [0.15, 0.2) is 170 Å². The lowest BCUT2D eigenvalue weighted by Crippen LogP contribution is -2.53. The maximum Gasteiger partial charge on any atom is 0.113 e. The summed E-state index contributed by atoms with van der Waals surface area (Å²) < 4.78 is 0. The highest BCUT2D eigenvalue weighted by Gasteiger charge is 2.29. The maximum atomic E-state index is 2.51. The predicted molar refractivity (Wildman–Crippen MR) is 217 cm³/mol. The topological polar surface area (TPSA) is 0 Å². The van der Waals surface area contributed by atoms with E-state index < -0.39 is 8.07 Å². The van der Waals surface area contributed by atoms with Crippen molar-refractivity contribution >= 4 is 83.1 Å². The molecule has 0 aliphatic carbocycles. The maximum absolute atomic E-state index is 2.51. The second-order valence-electron chi connectivity index (χ2n) is 14.0. The van der Waals surface area contributed by atoms with Gasteiger partial charge in [-0.3, -0.25) is 0 Å². The Morgan fingerprint density at radius 2 is 0.816 bits per heavy atom. The molecule has 0 heterocycles. The lowest BCUT2D eigenvalue weighted by atomic mass is 9.85. The fourth-order valence-corrected chi connectivity index (χ4v) is 11.4. The Kier molecular flexibility index (Phi) is 6.13. The van der Waals surface area contributed by atoms with Crippen LogP contribution in [0.4, 0.5) is 0 Å². The summed E-state index contributed by atoms with van der Waals surface area (Å²) in [5.74, 6) is 0. The van der Waals surface area contributed by atoms with Gasteiger partial charge in [-0.2, -0.15) is 0 Å². The molecule has 0 unspecified atom stereocenters. The van der Waals surface area contributed by atoms with Crippen LogP contribution in [-0.2, 0) is 0 Å². The van der Waals surface area contributed by atoms with Crippen molar-refractivity contribution in [3.8, 4) is 22.3 Å². The van der Waals surface area contributed by atoms with E-state index in [1.54, 1.807) is 0 Å². The van der Waals surface area contributed by atoms with Crippen molar-refractivity contribution in [1.82, 2.24) is 0 Å². The minimum Gasteiger partial charge on any atom is -0.0620 e. The van der Waals surface area contributed by atoms with Crippen molar-refractivity contribution in [3.05, 3.63) is 170 Å². The second kappa shape index (κ2) is 10.6. The minimum atomic E-state index is -2.06. The van der Waals surface area contributed by atoms with Gasteiger partial charge in [0.25, 0.3) is 0 Å². The molecular weight excluding hydrogens is 605 g/mol.